The predicted molar refractivity (Wildman–Crippen MR) is 71.6 cm³/mol. The van der Waals surface area contributed by atoms with Gasteiger partial charge < -0.3 is 5.11 Å². The minimum atomic E-state index is -3.63. The van der Waals surface area contributed by atoms with Crippen LogP contribution in [0.2, 0.25) is 5.02 Å². The molecule has 0 atom stereocenters. The van der Waals surface area contributed by atoms with Crippen molar-refractivity contribution in [2.45, 2.75) is 6.92 Å². The quantitative estimate of drug-likeness (QED) is 0.722. The first-order valence-corrected chi connectivity index (χ1v) is 7.01. The molecule has 0 bridgehead atoms. The van der Waals surface area contributed by atoms with Gasteiger partial charge in [0.25, 0.3) is 10.2 Å². The second-order valence-electron chi connectivity index (χ2n) is 3.26. The van der Waals surface area contributed by atoms with E-state index in [0.29, 0.717) is 5.56 Å². The van der Waals surface area contributed by atoms with Gasteiger partial charge in [-0.1, -0.05) is 30.4 Å². The van der Waals surface area contributed by atoms with Gasteiger partial charge in [0.05, 0.1) is 10.7 Å². The molecule has 0 aliphatic rings. The van der Waals surface area contributed by atoms with Gasteiger partial charge in [-0.3, -0.25) is 4.72 Å². The zero-order valence-electron chi connectivity index (χ0n) is 9.70. The fourth-order valence-electron chi connectivity index (χ4n) is 1.19. The molecule has 1 rings (SSSR count). The molecule has 0 aromatic heterocycles. The van der Waals surface area contributed by atoms with Gasteiger partial charge in [0.1, 0.15) is 6.61 Å². The average molecular weight is 289 g/mol. The number of benzene rings is 1. The molecule has 0 aliphatic carbocycles. The molecule has 0 saturated heterocycles. The van der Waals surface area contributed by atoms with E-state index in [9.17, 15) is 8.42 Å². The normalized spacial score (nSPS) is 10.6. The monoisotopic (exact) mass is 288 g/mol. The number of anilines is 1. The van der Waals surface area contributed by atoms with Crippen molar-refractivity contribution in [2.24, 2.45) is 0 Å². The van der Waals surface area contributed by atoms with Gasteiger partial charge in [-0.2, -0.15) is 13.1 Å². The van der Waals surface area contributed by atoms with E-state index < -0.39 is 10.2 Å². The molecular weight excluding hydrogens is 276 g/mol. The molecule has 7 heteroatoms. The van der Waals surface area contributed by atoms with Crippen molar-refractivity contribution in [1.29, 1.82) is 0 Å². The summed E-state index contributed by atoms with van der Waals surface area (Å²) in [6.45, 7) is 1.68. The molecule has 1 aromatic rings. The van der Waals surface area contributed by atoms with Gasteiger partial charge in [0, 0.05) is 12.1 Å². The summed E-state index contributed by atoms with van der Waals surface area (Å²) in [6.07, 6.45) is 0. The fraction of sp³-hybridized carbons (Fsp3) is 0.273. The zero-order valence-corrected chi connectivity index (χ0v) is 11.3. The number of rotatable bonds is 4. The lowest BCUT2D eigenvalue weighted by atomic mass is 10.2. The molecule has 98 valence electrons. The summed E-state index contributed by atoms with van der Waals surface area (Å²) < 4.78 is 27.6. The maximum Gasteiger partial charge on any atom is 0.299 e. The molecule has 5 nitrogen and oxygen atoms in total. The molecule has 0 spiro atoms. The Balaban J connectivity index is 3.01. The number of aliphatic hydroxyl groups excluding tert-OH is 1. The lowest BCUT2D eigenvalue weighted by Gasteiger charge is -2.09. The summed E-state index contributed by atoms with van der Waals surface area (Å²) >= 11 is 5.88. The van der Waals surface area contributed by atoms with Crippen molar-refractivity contribution in [1.82, 2.24) is 4.72 Å². The van der Waals surface area contributed by atoms with Gasteiger partial charge >= 0.3 is 0 Å². The number of aliphatic hydroxyl groups is 1. The van der Waals surface area contributed by atoms with Gasteiger partial charge in [-0.25, -0.2) is 0 Å². The number of hydrogen-bond acceptors (Lipinski definition) is 3. The fourth-order valence-corrected chi connectivity index (χ4v) is 2.33. The van der Waals surface area contributed by atoms with Crippen LogP contribution >= 0.6 is 11.6 Å². The molecule has 1 aromatic carbocycles. The second kappa shape index (κ2) is 6.61. The maximum absolute atomic E-state index is 11.5. The van der Waals surface area contributed by atoms with Crippen LogP contribution in [0, 0.1) is 11.8 Å². The first-order chi connectivity index (χ1) is 8.48. The molecular formula is C11H13ClN2O3S. The van der Waals surface area contributed by atoms with Crippen LogP contribution in [0.5, 0.6) is 0 Å². The summed E-state index contributed by atoms with van der Waals surface area (Å²) in [4.78, 5) is 0. The third-order valence-corrected chi connectivity index (χ3v) is 3.34. The first kappa shape index (κ1) is 14.8. The highest BCUT2D eigenvalue weighted by Gasteiger charge is 2.10. The van der Waals surface area contributed by atoms with Crippen LogP contribution < -0.4 is 9.44 Å². The lowest BCUT2D eigenvalue weighted by Crippen LogP contribution is -2.29. The molecule has 18 heavy (non-hydrogen) atoms. The van der Waals surface area contributed by atoms with E-state index in [1.165, 1.54) is 12.1 Å². The lowest BCUT2D eigenvalue weighted by molar-refractivity contribution is 0.350. The van der Waals surface area contributed by atoms with Crippen LogP contribution in [0.25, 0.3) is 0 Å². The second-order valence-corrected chi connectivity index (χ2v) is 5.16. The van der Waals surface area contributed by atoms with Gasteiger partial charge in [-0.15, -0.1) is 0 Å². The molecule has 0 radical (unpaired) electrons. The Kier molecular flexibility index (Phi) is 5.44. The van der Waals surface area contributed by atoms with Crippen molar-refractivity contribution in [3.8, 4) is 11.8 Å². The van der Waals surface area contributed by atoms with Gasteiger partial charge in [-0.05, 0) is 18.2 Å². The van der Waals surface area contributed by atoms with E-state index in [2.05, 4.69) is 21.3 Å². The third kappa shape index (κ3) is 4.55. The molecule has 0 unspecified atom stereocenters. The Morgan fingerprint density at radius 1 is 1.44 bits per heavy atom. The Morgan fingerprint density at radius 3 is 2.78 bits per heavy atom. The van der Waals surface area contributed by atoms with Crippen LogP contribution in [0.3, 0.4) is 0 Å². The summed E-state index contributed by atoms with van der Waals surface area (Å²) in [6, 6.07) is 4.67. The van der Waals surface area contributed by atoms with Crippen LogP contribution in [-0.2, 0) is 10.2 Å². The smallest absolute Gasteiger partial charge is 0.299 e. The number of halogens is 1. The highest BCUT2D eigenvalue weighted by atomic mass is 35.5. The molecule has 0 aliphatic heterocycles. The molecule has 0 amide bonds. The molecule has 3 N–H and O–H groups in total. The van der Waals surface area contributed by atoms with Crippen molar-refractivity contribution < 1.29 is 13.5 Å². The van der Waals surface area contributed by atoms with Crippen LogP contribution in [0.1, 0.15) is 12.5 Å². The Bertz CT molecular complexity index is 576. The van der Waals surface area contributed by atoms with E-state index in [0.717, 1.165) is 0 Å². The highest BCUT2D eigenvalue weighted by Crippen LogP contribution is 2.23. The number of nitrogens with one attached hydrogen (secondary N) is 2. The van der Waals surface area contributed by atoms with Gasteiger partial charge in [0.15, 0.2) is 0 Å². The molecule has 0 fully saturated rings. The maximum atomic E-state index is 11.5. The topological polar surface area (TPSA) is 78.4 Å². The van der Waals surface area contributed by atoms with Gasteiger partial charge in [0.2, 0.25) is 0 Å². The number of hydrogen-bond donors (Lipinski definition) is 3. The van der Waals surface area contributed by atoms with Crippen molar-refractivity contribution >= 4 is 27.5 Å². The van der Waals surface area contributed by atoms with Crippen LogP contribution in [-0.4, -0.2) is 26.7 Å². The highest BCUT2D eigenvalue weighted by molar-refractivity contribution is 7.90. The van der Waals surface area contributed by atoms with Crippen LogP contribution in [0.15, 0.2) is 18.2 Å². The largest absolute Gasteiger partial charge is 0.384 e. The molecule has 0 saturated carbocycles. The van der Waals surface area contributed by atoms with E-state index in [-0.39, 0.29) is 23.9 Å². The summed E-state index contributed by atoms with van der Waals surface area (Å²) in [5.41, 5.74) is 0.796. The van der Waals surface area contributed by atoms with Crippen molar-refractivity contribution in [3.63, 3.8) is 0 Å². The first-order valence-electron chi connectivity index (χ1n) is 5.15. The molecule has 0 heterocycles. The average Bonchev–Trinajstić information content (AvgIpc) is 2.29. The van der Waals surface area contributed by atoms with E-state index >= 15 is 0 Å². The predicted octanol–water partition coefficient (Wildman–Crippen LogP) is 0.950. The van der Waals surface area contributed by atoms with Crippen LogP contribution in [0.4, 0.5) is 5.69 Å². The van der Waals surface area contributed by atoms with E-state index in [1.54, 1.807) is 13.0 Å². The van der Waals surface area contributed by atoms with E-state index in [1.807, 2.05) is 0 Å². The Hall–Kier alpha value is -1.26. The zero-order chi connectivity index (χ0) is 13.6. The Morgan fingerprint density at radius 2 is 2.17 bits per heavy atom. The summed E-state index contributed by atoms with van der Waals surface area (Å²) in [7, 11) is -3.63. The summed E-state index contributed by atoms with van der Waals surface area (Å²) in [5.74, 6) is 5.13. The third-order valence-electron chi connectivity index (χ3n) is 1.86. The standard InChI is InChI=1S/C11H13ClN2O3S/c1-2-13-18(16,17)14-11-8-9(4-3-7-15)5-6-10(11)12/h5-6,8,13-15H,2,7H2,1H3. The van der Waals surface area contributed by atoms with Crippen molar-refractivity contribution in [3.05, 3.63) is 28.8 Å². The summed E-state index contributed by atoms with van der Waals surface area (Å²) in [5, 5.41) is 8.86. The SMILES string of the molecule is CCNS(=O)(=O)Nc1cc(C#CCO)ccc1Cl. The van der Waals surface area contributed by atoms with Crippen molar-refractivity contribution in [2.75, 3.05) is 17.9 Å². The Labute approximate surface area is 111 Å². The van der Waals surface area contributed by atoms with E-state index in [4.69, 9.17) is 16.7 Å². The minimum absolute atomic E-state index is 0.238. The minimum Gasteiger partial charge on any atom is -0.384 e.